The molecule has 0 saturated heterocycles. The van der Waals surface area contributed by atoms with E-state index < -0.39 is 11.6 Å². The number of hydrogen-bond donors (Lipinski definition) is 1. The maximum Gasteiger partial charge on any atom is 0.231 e. The monoisotopic (exact) mass is 458 g/mol. The fraction of sp³-hybridized carbons (Fsp3) is 0.190. The minimum absolute atomic E-state index is 0.0290. The zero-order valence-corrected chi connectivity index (χ0v) is 17.1. The van der Waals surface area contributed by atoms with Crippen molar-refractivity contribution in [2.75, 3.05) is 23.8 Å². The van der Waals surface area contributed by atoms with Gasteiger partial charge in [0.15, 0.2) is 0 Å². The minimum Gasteiger partial charge on any atom is -0.370 e. The van der Waals surface area contributed by atoms with Crippen LogP contribution in [0.1, 0.15) is 11.1 Å². The number of fused-ring (bicyclic) bond motifs is 1. The standard InChI is InChI=1S/C21H17BrF2N4O/c1-28-19-6-12(2-3-13(19)7-21(28)29)18-10-20(27-11-26-18)25-5-4-15-16(23)8-14(22)9-17(15)24/h2-3,6,8-11H,4-5,7H2,1H3,(H,25,26,27). The lowest BCUT2D eigenvalue weighted by atomic mass is 10.1. The van der Waals surface area contributed by atoms with Gasteiger partial charge in [0.05, 0.1) is 12.1 Å². The average molecular weight is 459 g/mol. The fourth-order valence-electron chi connectivity index (χ4n) is 3.34. The topological polar surface area (TPSA) is 58.1 Å². The van der Waals surface area contributed by atoms with Crippen LogP contribution in [-0.4, -0.2) is 29.5 Å². The Bertz CT molecular complexity index is 1080. The molecule has 2 heterocycles. The molecule has 148 valence electrons. The molecule has 1 amide bonds. The van der Waals surface area contributed by atoms with Gasteiger partial charge in [0.25, 0.3) is 0 Å². The number of amides is 1. The van der Waals surface area contributed by atoms with Crippen LogP contribution in [0.25, 0.3) is 11.3 Å². The molecule has 4 rings (SSSR count). The highest BCUT2D eigenvalue weighted by Gasteiger charge is 2.24. The van der Waals surface area contributed by atoms with Gasteiger partial charge in [-0.05, 0) is 30.2 Å². The second kappa shape index (κ2) is 7.87. The molecular weight excluding hydrogens is 442 g/mol. The SMILES string of the molecule is CN1C(=O)Cc2ccc(-c3cc(NCCc4c(F)cc(Br)cc4F)ncn3)cc21. The van der Waals surface area contributed by atoms with Crippen molar-refractivity contribution in [1.29, 1.82) is 0 Å². The molecule has 0 saturated carbocycles. The molecule has 1 aliphatic rings. The Labute approximate surface area is 174 Å². The summed E-state index contributed by atoms with van der Waals surface area (Å²) >= 11 is 3.07. The van der Waals surface area contributed by atoms with Crippen molar-refractivity contribution in [3.8, 4) is 11.3 Å². The second-order valence-corrected chi connectivity index (χ2v) is 7.70. The van der Waals surface area contributed by atoms with E-state index in [1.54, 1.807) is 18.0 Å². The van der Waals surface area contributed by atoms with Gasteiger partial charge in [0, 0.05) is 40.9 Å². The van der Waals surface area contributed by atoms with Crippen LogP contribution >= 0.6 is 15.9 Å². The van der Waals surface area contributed by atoms with Crippen molar-refractivity contribution in [3.05, 3.63) is 70.0 Å². The zero-order valence-electron chi connectivity index (χ0n) is 15.5. The summed E-state index contributed by atoms with van der Waals surface area (Å²) in [6.07, 6.45) is 2.02. The quantitative estimate of drug-likeness (QED) is 0.616. The van der Waals surface area contributed by atoms with Crippen molar-refractivity contribution in [2.45, 2.75) is 12.8 Å². The Morgan fingerprint density at radius 3 is 2.66 bits per heavy atom. The largest absolute Gasteiger partial charge is 0.370 e. The molecule has 5 nitrogen and oxygen atoms in total. The number of carbonyl (C=O) groups excluding carboxylic acids is 1. The van der Waals surface area contributed by atoms with Gasteiger partial charge in [-0.25, -0.2) is 18.7 Å². The summed E-state index contributed by atoms with van der Waals surface area (Å²) in [6, 6.07) is 10.0. The predicted octanol–water partition coefficient (Wildman–Crippen LogP) is 4.36. The van der Waals surface area contributed by atoms with Gasteiger partial charge < -0.3 is 10.2 Å². The number of anilines is 2. The maximum absolute atomic E-state index is 13.9. The van der Waals surface area contributed by atoms with Crippen LogP contribution < -0.4 is 10.2 Å². The molecule has 0 spiro atoms. The van der Waals surface area contributed by atoms with Gasteiger partial charge in [-0.3, -0.25) is 4.79 Å². The number of rotatable bonds is 5. The summed E-state index contributed by atoms with van der Waals surface area (Å²) in [7, 11) is 1.76. The number of hydrogen-bond acceptors (Lipinski definition) is 4. The first-order chi connectivity index (χ1) is 13.9. The van der Waals surface area contributed by atoms with Crippen molar-refractivity contribution in [3.63, 3.8) is 0 Å². The molecule has 0 fully saturated rings. The van der Waals surface area contributed by atoms with E-state index in [0.29, 0.717) is 29.0 Å². The lowest BCUT2D eigenvalue weighted by Gasteiger charge is -2.12. The van der Waals surface area contributed by atoms with Crippen LogP contribution in [0.3, 0.4) is 0 Å². The van der Waals surface area contributed by atoms with E-state index in [1.807, 2.05) is 18.2 Å². The Hall–Kier alpha value is -2.87. The third kappa shape index (κ3) is 3.98. The summed E-state index contributed by atoms with van der Waals surface area (Å²) < 4.78 is 28.2. The third-order valence-electron chi connectivity index (χ3n) is 4.91. The highest BCUT2D eigenvalue weighted by molar-refractivity contribution is 9.10. The molecule has 1 aromatic heterocycles. The summed E-state index contributed by atoms with van der Waals surface area (Å²) in [6.45, 7) is 0.313. The number of nitrogens with one attached hydrogen (secondary N) is 1. The van der Waals surface area contributed by atoms with E-state index in [9.17, 15) is 13.6 Å². The van der Waals surface area contributed by atoms with Crippen LogP contribution in [0.15, 0.2) is 47.2 Å². The highest BCUT2D eigenvalue weighted by Crippen LogP contribution is 2.32. The van der Waals surface area contributed by atoms with E-state index in [1.165, 1.54) is 18.5 Å². The first-order valence-electron chi connectivity index (χ1n) is 9.01. The molecule has 29 heavy (non-hydrogen) atoms. The number of carbonyl (C=O) groups is 1. The molecule has 0 bridgehead atoms. The number of likely N-dealkylation sites (N-methyl/N-ethyl adjacent to an activating group) is 1. The lowest BCUT2D eigenvalue weighted by molar-refractivity contribution is -0.117. The Morgan fingerprint density at radius 1 is 1.14 bits per heavy atom. The number of benzene rings is 2. The Morgan fingerprint density at radius 2 is 1.90 bits per heavy atom. The Kier molecular flexibility index (Phi) is 5.27. The van der Waals surface area contributed by atoms with E-state index in [4.69, 9.17) is 0 Å². The lowest BCUT2D eigenvalue weighted by Crippen LogP contribution is -2.20. The van der Waals surface area contributed by atoms with Gasteiger partial charge in [-0.1, -0.05) is 28.1 Å². The minimum atomic E-state index is -0.584. The highest BCUT2D eigenvalue weighted by atomic mass is 79.9. The smallest absolute Gasteiger partial charge is 0.231 e. The molecular formula is C21H17BrF2N4O. The van der Waals surface area contributed by atoms with E-state index in [2.05, 4.69) is 31.2 Å². The van der Waals surface area contributed by atoms with Crippen molar-refractivity contribution in [1.82, 2.24) is 9.97 Å². The van der Waals surface area contributed by atoms with Crippen LogP contribution in [0.5, 0.6) is 0 Å². The summed E-state index contributed by atoms with van der Waals surface area (Å²) in [5.41, 5.74) is 3.45. The zero-order chi connectivity index (χ0) is 20.5. The molecule has 0 radical (unpaired) electrons. The summed E-state index contributed by atoms with van der Waals surface area (Å²) in [5.74, 6) is -0.551. The van der Waals surface area contributed by atoms with Crippen LogP contribution in [0.2, 0.25) is 0 Å². The summed E-state index contributed by atoms with van der Waals surface area (Å²) in [5, 5.41) is 3.08. The van der Waals surface area contributed by atoms with Crippen LogP contribution in [0.4, 0.5) is 20.3 Å². The number of nitrogens with zero attached hydrogens (tertiary/aromatic N) is 3. The number of halogens is 3. The molecule has 8 heteroatoms. The Balaban J connectivity index is 1.48. The molecule has 1 aliphatic heterocycles. The van der Waals surface area contributed by atoms with E-state index in [0.717, 1.165) is 16.8 Å². The second-order valence-electron chi connectivity index (χ2n) is 6.79. The normalized spacial score (nSPS) is 13.0. The van der Waals surface area contributed by atoms with Crippen molar-refractivity contribution >= 4 is 33.3 Å². The van der Waals surface area contributed by atoms with Gasteiger partial charge in [0.1, 0.15) is 23.8 Å². The van der Waals surface area contributed by atoms with E-state index in [-0.39, 0.29) is 17.9 Å². The van der Waals surface area contributed by atoms with Crippen LogP contribution in [0, 0.1) is 11.6 Å². The first-order valence-corrected chi connectivity index (χ1v) is 9.81. The molecule has 0 atom stereocenters. The van der Waals surface area contributed by atoms with Crippen molar-refractivity contribution < 1.29 is 13.6 Å². The predicted molar refractivity (Wildman–Crippen MR) is 111 cm³/mol. The molecule has 3 aromatic rings. The molecule has 1 N–H and O–H groups in total. The van der Waals surface area contributed by atoms with Crippen molar-refractivity contribution in [2.24, 2.45) is 0 Å². The third-order valence-corrected chi connectivity index (χ3v) is 5.37. The van der Waals surface area contributed by atoms with Gasteiger partial charge in [-0.2, -0.15) is 0 Å². The van der Waals surface area contributed by atoms with Crippen LogP contribution in [-0.2, 0) is 17.6 Å². The van der Waals surface area contributed by atoms with Gasteiger partial charge in [0.2, 0.25) is 5.91 Å². The molecule has 2 aromatic carbocycles. The van der Waals surface area contributed by atoms with Gasteiger partial charge in [-0.15, -0.1) is 0 Å². The average Bonchev–Trinajstić information content (AvgIpc) is 2.97. The maximum atomic E-state index is 13.9. The molecule has 0 aliphatic carbocycles. The first kappa shape index (κ1) is 19.4. The molecule has 0 unspecified atom stereocenters. The fourth-order valence-corrected chi connectivity index (χ4v) is 3.74. The van der Waals surface area contributed by atoms with E-state index >= 15 is 0 Å². The summed E-state index contributed by atoms with van der Waals surface area (Å²) in [4.78, 5) is 22.0. The number of aromatic nitrogens is 2. The van der Waals surface area contributed by atoms with Gasteiger partial charge >= 0.3 is 0 Å².